The molecule has 1 aliphatic heterocycles. The van der Waals surface area contributed by atoms with Crippen LogP contribution in [0.15, 0.2) is 10.6 Å². The molecule has 0 saturated carbocycles. The number of aryl methyl sites for hydroxylation is 1. The SMILES string of the molecule is Cc1cnc(C(=O)N2CCC(N)CC2)o1. The molecule has 5 heteroatoms. The lowest BCUT2D eigenvalue weighted by Crippen LogP contribution is -2.42. The van der Waals surface area contributed by atoms with Gasteiger partial charge in [-0.3, -0.25) is 4.79 Å². The molecule has 1 saturated heterocycles. The van der Waals surface area contributed by atoms with Gasteiger partial charge in [0.05, 0.1) is 6.20 Å². The molecule has 2 N–H and O–H groups in total. The monoisotopic (exact) mass is 209 g/mol. The number of likely N-dealkylation sites (tertiary alicyclic amines) is 1. The number of amides is 1. The van der Waals surface area contributed by atoms with Crippen LogP contribution in [0.5, 0.6) is 0 Å². The molecule has 0 radical (unpaired) electrons. The van der Waals surface area contributed by atoms with Gasteiger partial charge >= 0.3 is 5.91 Å². The molecule has 0 spiro atoms. The van der Waals surface area contributed by atoms with Gasteiger partial charge in [0.1, 0.15) is 5.76 Å². The van der Waals surface area contributed by atoms with Gasteiger partial charge in [0.25, 0.3) is 5.89 Å². The summed E-state index contributed by atoms with van der Waals surface area (Å²) in [6, 6.07) is 0.223. The number of nitrogens with zero attached hydrogens (tertiary/aromatic N) is 2. The minimum atomic E-state index is -0.130. The van der Waals surface area contributed by atoms with E-state index in [4.69, 9.17) is 10.2 Å². The summed E-state index contributed by atoms with van der Waals surface area (Å²) in [6.45, 7) is 3.17. The smallest absolute Gasteiger partial charge is 0.309 e. The zero-order chi connectivity index (χ0) is 10.8. The van der Waals surface area contributed by atoms with Crippen LogP contribution < -0.4 is 5.73 Å². The van der Waals surface area contributed by atoms with Gasteiger partial charge in [-0.25, -0.2) is 4.98 Å². The van der Waals surface area contributed by atoms with E-state index in [0.717, 1.165) is 12.8 Å². The Morgan fingerprint density at radius 1 is 1.60 bits per heavy atom. The molecular weight excluding hydrogens is 194 g/mol. The Balaban J connectivity index is 2.02. The van der Waals surface area contributed by atoms with Crippen molar-refractivity contribution >= 4 is 5.91 Å². The van der Waals surface area contributed by atoms with Gasteiger partial charge in [-0.15, -0.1) is 0 Å². The van der Waals surface area contributed by atoms with Crippen molar-refractivity contribution in [2.75, 3.05) is 13.1 Å². The third-order valence-corrected chi connectivity index (χ3v) is 2.63. The fourth-order valence-corrected chi connectivity index (χ4v) is 1.69. The number of carbonyl (C=O) groups excluding carboxylic acids is 1. The van der Waals surface area contributed by atoms with E-state index < -0.39 is 0 Å². The molecule has 1 fully saturated rings. The molecule has 2 rings (SSSR count). The van der Waals surface area contributed by atoms with Crippen LogP contribution in [0, 0.1) is 6.92 Å². The molecule has 0 atom stereocenters. The van der Waals surface area contributed by atoms with Crippen LogP contribution in [-0.4, -0.2) is 34.9 Å². The number of carbonyl (C=O) groups is 1. The number of oxazole rings is 1. The van der Waals surface area contributed by atoms with Crippen LogP contribution in [0.4, 0.5) is 0 Å². The molecule has 0 aliphatic carbocycles. The molecule has 0 bridgehead atoms. The fraction of sp³-hybridized carbons (Fsp3) is 0.600. The normalized spacial score (nSPS) is 18.1. The highest BCUT2D eigenvalue weighted by Crippen LogP contribution is 2.12. The van der Waals surface area contributed by atoms with E-state index in [-0.39, 0.29) is 17.8 Å². The Labute approximate surface area is 88.3 Å². The van der Waals surface area contributed by atoms with E-state index in [2.05, 4.69) is 4.98 Å². The van der Waals surface area contributed by atoms with E-state index in [1.165, 1.54) is 0 Å². The van der Waals surface area contributed by atoms with Crippen LogP contribution >= 0.6 is 0 Å². The lowest BCUT2D eigenvalue weighted by atomic mass is 10.1. The number of hydrogen-bond donors (Lipinski definition) is 1. The van der Waals surface area contributed by atoms with Gasteiger partial charge in [0.15, 0.2) is 0 Å². The number of aromatic nitrogens is 1. The van der Waals surface area contributed by atoms with E-state index in [1.54, 1.807) is 18.0 Å². The first-order valence-electron chi connectivity index (χ1n) is 5.14. The number of hydrogen-bond acceptors (Lipinski definition) is 4. The highest BCUT2D eigenvalue weighted by atomic mass is 16.4. The molecule has 1 aliphatic rings. The molecule has 5 nitrogen and oxygen atoms in total. The third kappa shape index (κ3) is 2.18. The zero-order valence-electron chi connectivity index (χ0n) is 8.77. The lowest BCUT2D eigenvalue weighted by molar-refractivity contribution is 0.0673. The van der Waals surface area contributed by atoms with Crippen LogP contribution in [0.3, 0.4) is 0 Å². The predicted molar refractivity (Wildman–Crippen MR) is 54.4 cm³/mol. The van der Waals surface area contributed by atoms with Gasteiger partial charge in [0, 0.05) is 19.1 Å². The van der Waals surface area contributed by atoms with Gasteiger partial charge in [0.2, 0.25) is 0 Å². The first-order chi connectivity index (χ1) is 7.16. The molecular formula is C10H15N3O2. The van der Waals surface area contributed by atoms with Crippen LogP contribution in [0.2, 0.25) is 0 Å². The van der Waals surface area contributed by atoms with Crippen molar-refractivity contribution in [3.8, 4) is 0 Å². The van der Waals surface area contributed by atoms with E-state index >= 15 is 0 Å². The summed E-state index contributed by atoms with van der Waals surface area (Å²) in [7, 11) is 0. The Morgan fingerprint density at radius 2 is 2.27 bits per heavy atom. The summed E-state index contributed by atoms with van der Waals surface area (Å²) < 4.78 is 5.19. The molecule has 1 aromatic rings. The summed E-state index contributed by atoms with van der Waals surface area (Å²) in [6.07, 6.45) is 3.26. The van der Waals surface area contributed by atoms with Crippen molar-refractivity contribution in [1.82, 2.24) is 9.88 Å². The largest absolute Gasteiger partial charge is 0.438 e. The van der Waals surface area contributed by atoms with Crippen molar-refractivity contribution in [3.63, 3.8) is 0 Å². The Morgan fingerprint density at radius 3 is 2.80 bits per heavy atom. The highest BCUT2D eigenvalue weighted by molar-refractivity contribution is 5.89. The number of nitrogens with two attached hydrogens (primary N) is 1. The second-order valence-corrected chi connectivity index (χ2v) is 3.91. The Bertz CT molecular complexity index is 353. The fourth-order valence-electron chi connectivity index (χ4n) is 1.69. The van der Waals surface area contributed by atoms with Gasteiger partial charge in [-0.2, -0.15) is 0 Å². The predicted octanol–water partition coefficient (Wildman–Crippen LogP) is 0.546. The lowest BCUT2D eigenvalue weighted by Gasteiger charge is -2.29. The quantitative estimate of drug-likeness (QED) is 0.733. The summed E-state index contributed by atoms with van der Waals surface area (Å²) >= 11 is 0. The van der Waals surface area contributed by atoms with Crippen molar-refractivity contribution in [2.45, 2.75) is 25.8 Å². The molecule has 15 heavy (non-hydrogen) atoms. The summed E-state index contributed by atoms with van der Waals surface area (Å²) in [4.78, 5) is 17.5. The number of piperidine rings is 1. The topological polar surface area (TPSA) is 72.4 Å². The van der Waals surface area contributed by atoms with Crippen molar-refractivity contribution in [3.05, 3.63) is 17.8 Å². The van der Waals surface area contributed by atoms with E-state index in [0.29, 0.717) is 18.8 Å². The Kier molecular flexibility index (Phi) is 2.73. The summed E-state index contributed by atoms with van der Waals surface area (Å²) in [5.41, 5.74) is 5.76. The van der Waals surface area contributed by atoms with E-state index in [1.807, 2.05) is 0 Å². The van der Waals surface area contributed by atoms with E-state index in [9.17, 15) is 4.79 Å². The highest BCUT2D eigenvalue weighted by Gasteiger charge is 2.24. The minimum Gasteiger partial charge on any atom is -0.438 e. The second kappa shape index (κ2) is 4.02. The van der Waals surface area contributed by atoms with Gasteiger partial charge in [-0.05, 0) is 19.8 Å². The second-order valence-electron chi connectivity index (χ2n) is 3.91. The average Bonchev–Trinajstić information content (AvgIpc) is 2.65. The maximum Gasteiger partial charge on any atom is 0.309 e. The average molecular weight is 209 g/mol. The molecule has 1 amide bonds. The van der Waals surface area contributed by atoms with Crippen LogP contribution in [0.1, 0.15) is 29.3 Å². The van der Waals surface area contributed by atoms with Crippen molar-refractivity contribution in [1.29, 1.82) is 0 Å². The van der Waals surface area contributed by atoms with Crippen molar-refractivity contribution in [2.24, 2.45) is 5.73 Å². The van der Waals surface area contributed by atoms with Gasteiger partial charge < -0.3 is 15.1 Å². The van der Waals surface area contributed by atoms with Crippen LogP contribution in [0.25, 0.3) is 0 Å². The number of rotatable bonds is 1. The summed E-state index contributed by atoms with van der Waals surface area (Å²) in [5.74, 6) is 0.713. The zero-order valence-corrected chi connectivity index (χ0v) is 8.77. The third-order valence-electron chi connectivity index (χ3n) is 2.63. The molecule has 2 heterocycles. The molecule has 0 unspecified atom stereocenters. The summed E-state index contributed by atoms with van der Waals surface area (Å²) in [5, 5.41) is 0. The first-order valence-corrected chi connectivity index (χ1v) is 5.14. The maximum absolute atomic E-state index is 11.8. The molecule has 82 valence electrons. The van der Waals surface area contributed by atoms with Crippen molar-refractivity contribution < 1.29 is 9.21 Å². The maximum atomic E-state index is 11.8. The minimum absolute atomic E-state index is 0.130. The standard InChI is InChI=1S/C10H15N3O2/c1-7-6-12-9(15-7)10(14)13-4-2-8(11)3-5-13/h6,8H,2-5,11H2,1H3. The Hall–Kier alpha value is -1.36. The first kappa shape index (κ1) is 10.2. The van der Waals surface area contributed by atoms with Gasteiger partial charge in [-0.1, -0.05) is 0 Å². The van der Waals surface area contributed by atoms with Crippen LogP contribution in [-0.2, 0) is 0 Å². The molecule has 0 aromatic carbocycles. The molecule has 1 aromatic heterocycles.